The van der Waals surface area contributed by atoms with E-state index in [1.165, 1.54) is 22.1 Å². The van der Waals surface area contributed by atoms with Gasteiger partial charge in [0.25, 0.3) is 5.91 Å². The van der Waals surface area contributed by atoms with Crippen LogP contribution in [-0.2, 0) is 31.0 Å². The molecule has 0 aliphatic carbocycles. The minimum Gasteiger partial charge on any atom is -0.487 e. The van der Waals surface area contributed by atoms with Crippen LogP contribution >= 0.6 is 0 Å². The molecule has 3 aromatic rings. The second-order valence-electron chi connectivity index (χ2n) is 8.88. The number of anilines is 1. The Kier molecular flexibility index (Phi) is 7.30. The number of nitrogens with one attached hydrogen (secondary N) is 1. The Bertz CT molecular complexity index is 1230. The number of benzene rings is 3. The van der Waals surface area contributed by atoms with Crippen LogP contribution in [-0.4, -0.2) is 41.9 Å². The van der Waals surface area contributed by atoms with Crippen LogP contribution in [0, 0.1) is 0 Å². The fourth-order valence-electron chi connectivity index (χ4n) is 4.03. The molecule has 0 spiro atoms. The summed E-state index contributed by atoms with van der Waals surface area (Å²) in [4.78, 5) is 27.4. The number of amides is 2. The quantitative estimate of drug-likeness (QED) is 0.500. The molecule has 4 rings (SSSR count). The third-order valence-corrected chi connectivity index (χ3v) is 5.86. The van der Waals surface area contributed by atoms with Crippen molar-refractivity contribution in [3.63, 3.8) is 0 Å². The summed E-state index contributed by atoms with van der Waals surface area (Å²) in [5.74, 6) is -2.09. The van der Waals surface area contributed by atoms with Crippen LogP contribution in [0.2, 0.25) is 0 Å². The van der Waals surface area contributed by atoms with E-state index in [0.717, 1.165) is 24.2 Å². The minimum absolute atomic E-state index is 0.0477. The highest BCUT2D eigenvalue weighted by Crippen LogP contribution is 2.31. The van der Waals surface area contributed by atoms with Gasteiger partial charge in [0.05, 0.1) is 5.69 Å². The van der Waals surface area contributed by atoms with Crippen LogP contribution in [0.4, 0.5) is 18.9 Å². The average Bonchev–Trinajstić information content (AvgIpc) is 3.25. The first-order valence-corrected chi connectivity index (χ1v) is 11.3. The highest BCUT2D eigenvalue weighted by atomic mass is 19.4. The predicted octanol–water partition coefficient (Wildman–Crippen LogP) is 4.98. The van der Waals surface area contributed by atoms with E-state index >= 15 is 0 Å². The molecule has 0 saturated heterocycles. The molecule has 0 aromatic heterocycles. The van der Waals surface area contributed by atoms with Gasteiger partial charge >= 0.3 is 12.1 Å². The SMILES string of the molecule is CN(C)C(=O)c1ccc(COc2ccc(CN3Cc4ccccc4C3)cc2NC(=O)C(F)(F)F)cc1. The molecule has 0 saturated carbocycles. The molecule has 1 aliphatic rings. The molecule has 0 bridgehead atoms. The summed E-state index contributed by atoms with van der Waals surface area (Å²) in [6.45, 7) is 2.04. The lowest BCUT2D eigenvalue weighted by molar-refractivity contribution is -0.167. The van der Waals surface area contributed by atoms with E-state index in [1.807, 2.05) is 17.4 Å². The Morgan fingerprint density at radius 1 is 0.944 bits per heavy atom. The third kappa shape index (κ3) is 6.04. The van der Waals surface area contributed by atoms with Gasteiger partial charge in [0.1, 0.15) is 12.4 Å². The van der Waals surface area contributed by atoms with Gasteiger partial charge in [-0.3, -0.25) is 14.5 Å². The van der Waals surface area contributed by atoms with Crippen LogP contribution < -0.4 is 10.1 Å². The summed E-state index contributed by atoms with van der Waals surface area (Å²) in [5.41, 5.74) is 4.38. The largest absolute Gasteiger partial charge is 0.487 e. The van der Waals surface area contributed by atoms with Crippen molar-refractivity contribution in [2.24, 2.45) is 0 Å². The Morgan fingerprint density at radius 3 is 2.14 bits per heavy atom. The van der Waals surface area contributed by atoms with Crippen molar-refractivity contribution in [2.75, 3.05) is 19.4 Å². The molecule has 2 amide bonds. The van der Waals surface area contributed by atoms with E-state index in [1.54, 1.807) is 50.5 Å². The van der Waals surface area contributed by atoms with Crippen molar-refractivity contribution in [3.8, 4) is 5.75 Å². The highest BCUT2D eigenvalue weighted by Gasteiger charge is 2.39. The maximum atomic E-state index is 13.0. The van der Waals surface area contributed by atoms with Crippen LogP contribution in [0.1, 0.15) is 32.6 Å². The zero-order valence-corrected chi connectivity index (χ0v) is 19.9. The molecule has 36 heavy (non-hydrogen) atoms. The van der Waals surface area contributed by atoms with E-state index in [-0.39, 0.29) is 24.0 Å². The summed E-state index contributed by atoms with van der Waals surface area (Å²) in [6, 6.07) is 19.7. The highest BCUT2D eigenvalue weighted by molar-refractivity contribution is 5.96. The fourth-order valence-corrected chi connectivity index (χ4v) is 4.03. The maximum Gasteiger partial charge on any atom is 0.471 e. The van der Waals surface area contributed by atoms with Gasteiger partial charge in [-0.1, -0.05) is 42.5 Å². The molecule has 6 nitrogen and oxygen atoms in total. The van der Waals surface area contributed by atoms with Gasteiger partial charge in [-0.2, -0.15) is 13.2 Å². The summed E-state index contributed by atoms with van der Waals surface area (Å²) in [6.07, 6.45) is -5.03. The van der Waals surface area contributed by atoms with Gasteiger partial charge in [-0.05, 0) is 46.5 Å². The van der Waals surface area contributed by atoms with Crippen molar-refractivity contribution in [3.05, 3.63) is 94.5 Å². The molecular formula is C27H26F3N3O3. The molecule has 0 unspecified atom stereocenters. The van der Waals surface area contributed by atoms with Crippen molar-refractivity contribution in [1.29, 1.82) is 0 Å². The number of carbonyl (C=O) groups is 2. The minimum atomic E-state index is -5.03. The van der Waals surface area contributed by atoms with Gasteiger partial charge in [-0.15, -0.1) is 0 Å². The zero-order valence-electron chi connectivity index (χ0n) is 19.9. The second-order valence-corrected chi connectivity index (χ2v) is 8.88. The monoisotopic (exact) mass is 497 g/mol. The van der Waals surface area contributed by atoms with E-state index in [0.29, 0.717) is 12.1 Å². The predicted molar refractivity (Wildman–Crippen MR) is 129 cm³/mol. The van der Waals surface area contributed by atoms with Crippen molar-refractivity contribution in [2.45, 2.75) is 32.4 Å². The van der Waals surface area contributed by atoms with E-state index in [2.05, 4.69) is 17.0 Å². The smallest absolute Gasteiger partial charge is 0.471 e. The van der Waals surface area contributed by atoms with Gasteiger partial charge in [-0.25, -0.2) is 0 Å². The number of ether oxygens (including phenoxy) is 1. The summed E-state index contributed by atoms with van der Waals surface area (Å²) in [5, 5.41) is 1.95. The number of carbonyl (C=O) groups excluding carboxylic acids is 2. The molecule has 188 valence electrons. The first-order chi connectivity index (χ1) is 17.1. The van der Waals surface area contributed by atoms with Crippen LogP contribution in [0.25, 0.3) is 0 Å². The topological polar surface area (TPSA) is 61.9 Å². The van der Waals surface area contributed by atoms with Gasteiger partial charge < -0.3 is 15.0 Å². The zero-order chi connectivity index (χ0) is 25.9. The normalized spacial score (nSPS) is 13.2. The molecular weight excluding hydrogens is 471 g/mol. The summed E-state index contributed by atoms with van der Waals surface area (Å²) >= 11 is 0. The van der Waals surface area contributed by atoms with Crippen molar-refractivity contribution >= 4 is 17.5 Å². The number of hydrogen-bond acceptors (Lipinski definition) is 4. The Morgan fingerprint density at radius 2 is 1.56 bits per heavy atom. The lowest BCUT2D eigenvalue weighted by Gasteiger charge is -2.18. The fraction of sp³-hybridized carbons (Fsp3) is 0.259. The van der Waals surface area contributed by atoms with E-state index in [9.17, 15) is 22.8 Å². The first-order valence-electron chi connectivity index (χ1n) is 11.3. The maximum absolute atomic E-state index is 13.0. The van der Waals surface area contributed by atoms with Crippen molar-refractivity contribution in [1.82, 2.24) is 9.80 Å². The third-order valence-electron chi connectivity index (χ3n) is 5.86. The Hall–Kier alpha value is -3.85. The molecule has 0 atom stereocenters. The lowest BCUT2D eigenvalue weighted by atomic mass is 10.1. The number of fused-ring (bicyclic) bond motifs is 1. The number of rotatable bonds is 7. The second kappa shape index (κ2) is 10.4. The van der Waals surface area contributed by atoms with Crippen LogP contribution in [0.3, 0.4) is 0 Å². The number of halogens is 3. The van der Waals surface area contributed by atoms with Crippen LogP contribution in [0.15, 0.2) is 66.7 Å². The molecule has 0 fully saturated rings. The Labute approximate surface area is 207 Å². The molecule has 1 heterocycles. The molecule has 1 N–H and O–H groups in total. The van der Waals surface area contributed by atoms with E-state index < -0.39 is 12.1 Å². The number of nitrogens with zero attached hydrogens (tertiary/aromatic N) is 2. The average molecular weight is 498 g/mol. The van der Waals surface area contributed by atoms with Crippen LogP contribution in [0.5, 0.6) is 5.75 Å². The summed E-state index contributed by atoms with van der Waals surface area (Å²) in [7, 11) is 3.31. The first kappa shape index (κ1) is 25.2. The van der Waals surface area contributed by atoms with Gasteiger partial charge in [0.15, 0.2) is 0 Å². The van der Waals surface area contributed by atoms with E-state index in [4.69, 9.17) is 4.74 Å². The van der Waals surface area contributed by atoms with Gasteiger partial charge in [0, 0.05) is 39.3 Å². The molecule has 0 radical (unpaired) electrons. The standard InChI is InChI=1S/C27H26F3N3O3/c1-32(2)25(34)20-10-7-18(8-11-20)17-36-24-12-9-19(13-23(24)31-26(35)27(28,29)30)14-33-15-21-5-3-4-6-22(21)16-33/h3-13H,14-17H2,1-2H3,(H,31,35). The Balaban J connectivity index is 1.49. The number of alkyl halides is 3. The van der Waals surface area contributed by atoms with Gasteiger partial charge in [0.2, 0.25) is 0 Å². The molecule has 3 aromatic carbocycles. The number of hydrogen-bond donors (Lipinski definition) is 1. The molecule has 9 heteroatoms. The lowest BCUT2D eigenvalue weighted by Crippen LogP contribution is -2.30. The van der Waals surface area contributed by atoms with Crippen molar-refractivity contribution < 1.29 is 27.5 Å². The summed E-state index contributed by atoms with van der Waals surface area (Å²) < 4.78 is 44.7. The molecule has 1 aliphatic heterocycles.